The van der Waals surface area contributed by atoms with Crippen LogP contribution >= 0.6 is 0 Å². The Morgan fingerprint density at radius 2 is 1.88 bits per heavy atom. The van der Waals surface area contributed by atoms with E-state index in [0.717, 1.165) is 12.8 Å². The molecule has 1 aliphatic heterocycles. The summed E-state index contributed by atoms with van der Waals surface area (Å²) in [7, 11) is -6.78. The molecule has 1 saturated heterocycles. The molecule has 0 aromatic rings. The van der Waals surface area contributed by atoms with Crippen molar-refractivity contribution in [3.63, 3.8) is 0 Å². The molecule has 1 N–H and O–H groups in total. The quantitative estimate of drug-likeness (QED) is 0.696. The van der Waals surface area contributed by atoms with Crippen molar-refractivity contribution in [2.75, 3.05) is 24.7 Å². The molecule has 100 valence electrons. The van der Waals surface area contributed by atoms with Crippen LogP contribution in [-0.2, 0) is 19.9 Å². The van der Waals surface area contributed by atoms with Gasteiger partial charge in [0.25, 0.3) is 0 Å². The number of sulfone groups is 1. The van der Waals surface area contributed by atoms with Crippen LogP contribution in [0.25, 0.3) is 0 Å². The summed E-state index contributed by atoms with van der Waals surface area (Å²) in [6, 6.07) is -0.0320. The zero-order valence-corrected chi connectivity index (χ0v) is 11.1. The SMILES string of the molecule is O=S1(=O)CCC(S(=O)(=O)N(CCO)C2CC2)C1. The van der Waals surface area contributed by atoms with E-state index in [-0.39, 0.29) is 37.1 Å². The van der Waals surface area contributed by atoms with Gasteiger partial charge in [-0.15, -0.1) is 0 Å². The topological polar surface area (TPSA) is 91.8 Å². The number of nitrogens with zero attached hydrogens (tertiary/aromatic N) is 1. The Balaban J connectivity index is 2.17. The maximum atomic E-state index is 12.2. The first-order valence-corrected chi connectivity index (χ1v) is 9.01. The van der Waals surface area contributed by atoms with Crippen molar-refractivity contribution in [3.05, 3.63) is 0 Å². The lowest BCUT2D eigenvalue weighted by molar-refractivity contribution is 0.249. The standard InChI is InChI=1S/C9H17NO5S2/c11-5-4-10(8-1-2-8)17(14,15)9-3-6-16(12,13)7-9/h8-9,11H,1-7H2. The number of rotatable bonds is 5. The molecule has 6 nitrogen and oxygen atoms in total. The second kappa shape index (κ2) is 4.49. The summed E-state index contributed by atoms with van der Waals surface area (Å²) in [5.41, 5.74) is 0. The summed E-state index contributed by atoms with van der Waals surface area (Å²) in [6.07, 6.45) is 1.79. The van der Waals surface area contributed by atoms with Crippen molar-refractivity contribution in [2.24, 2.45) is 0 Å². The molecule has 1 aliphatic carbocycles. The molecule has 1 unspecified atom stereocenters. The first-order chi connectivity index (χ1) is 7.87. The van der Waals surface area contributed by atoms with Gasteiger partial charge in [0.05, 0.1) is 23.4 Å². The summed E-state index contributed by atoms with van der Waals surface area (Å²) >= 11 is 0. The third-order valence-corrected chi connectivity index (χ3v) is 7.57. The zero-order chi connectivity index (χ0) is 12.7. The second-order valence-electron chi connectivity index (χ2n) is 4.64. The highest BCUT2D eigenvalue weighted by atomic mass is 32.2. The molecule has 2 aliphatic rings. The Kier molecular flexibility index (Phi) is 3.50. The predicted molar refractivity (Wildman–Crippen MR) is 62.8 cm³/mol. The van der Waals surface area contributed by atoms with E-state index < -0.39 is 25.1 Å². The van der Waals surface area contributed by atoms with Crippen LogP contribution < -0.4 is 0 Å². The summed E-state index contributed by atoms with van der Waals surface area (Å²) in [4.78, 5) is 0. The smallest absolute Gasteiger partial charge is 0.218 e. The summed E-state index contributed by atoms with van der Waals surface area (Å²) in [5, 5.41) is 8.08. The van der Waals surface area contributed by atoms with E-state index in [1.54, 1.807) is 0 Å². The maximum absolute atomic E-state index is 12.2. The minimum Gasteiger partial charge on any atom is -0.395 e. The van der Waals surface area contributed by atoms with E-state index in [1.165, 1.54) is 4.31 Å². The van der Waals surface area contributed by atoms with Crippen molar-refractivity contribution in [2.45, 2.75) is 30.6 Å². The molecule has 0 bridgehead atoms. The van der Waals surface area contributed by atoms with Crippen molar-refractivity contribution in [1.82, 2.24) is 4.31 Å². The van der Waals surface area contributed by atoms with Crippen LogP contribution in [0.2, 0.25) is 0 Å². The number of aliphatic hydroxyl groups is 1. The molecule has 0 spiro atoms. The monoisotopic (exact) mass is 283 g/mol. The van der Waals surface area contributed by atoms with Crippen molar-refractivity contribution >= 4 is 19.9 Å². The molecular formula is C9H17NO5S2. The van der Waals surface area contributed by atoms with Gasteiger partial charge in [-0.3, -0.25) is 0 Å². The van der Waals surface area contributed by atoms with Crippen LogP contribution in [0.15, 0.2) is 0 Å². The van der Waals surface area contributed by atoms with Gasteiger partial charge in [0.15, 0.2) is 9.84 Å². The van der Waals surface area contributed by atoms with E-state index in [0.29, 0.717) is 0 Å². The molecule has 0 aromatic heterocycles. The average molecular weight is 283 g/mol. The normalized spacial score (nSPS) is 28.7. The summed E-state index contributed by atoms with van der Waals surface area (Å²) < 4.78 is 48.4. The van der Waals surface area contributed by atoms with Crippen LogP contribution in [0.4, 0.5) is 0 Å². The molecule has 2 rings (SSSR count). The van der Waals surface area contributed by atoms with Gasteiger partial charge in [-0.05, 0) is 19.3 Å². The molecule has 0 amide bonds. The fraction of sp³-hybridized carbons (Fsp3) is 1.00. The van der Waals surface area contributed by atoms with Crippen LogP contribution in [-0.4, -0.2) is 62.2 Å². The highest BCUT2D eigenvalue weighted by Gasteiger charge is 2.44. The van der Waals surface area contributed by atoms with E-state index in [1.807, 2.05) is 0 Å². The van der Waals surface area contributed by atoms with Gasteiger partial charge in [0, 0.05) is 12.6 Å². The largest absolute Gasteiger partial charge is 0.395 e. The molecule has 0 radical (unpaired) electrons. The van der Waals surface area contributed by atoms with Gasteiger partial charge < -0.3 is 5.11 Å². The summed E-state index contributed by atoms with van der Waals surface area (Å²) in [5.74, 6) is -0.321. The van der Waals surface area contributed by atoms with E-state index in [9.17, 15) is 16.8 Å². The lowest BCUT2D eigenvalue weighted by Crippen LogP contribution is -2.42. The highest BCUT2D eigenvalue weighted by Crippen LogP contribution is 2.32. The van der Waals surface area contributed by atoms with Crippen LogP contribution in [0, 0.1) is 0 Å². The zero-order valence-electron chi connectivity index (χ0n) is 9.45. The minimum atomic E-state index is -3.58. The molecule has 2 fully saturated rings. The molecule has 1 saturated carbocycles. The Hall–Kier alpha value is -0.180. The Labute approximate surface area is 102 Å². The molecule has 17 heavy (non-hydrogen) atoms. The van der Waals surface area contributed by atoms with Crippen LogP contribution in [0.1, 0.15) is 19.3 Å². The number of aliphatic hydroxyl groups excluding tert-OH is 1. The molecule has 1 atom stereocenters. The molecule has 1 heterocycles. The van der Waals surface area contributed by atoms with Crippen molar-refractivity contribution < 1.29 is 21.9 Å². The fourth-order valence-corrected chi connectivity index (χ4v) is 6.93. The maximum Gasteiger partial charge on any atom is 0.218 e. The van der Waals surface area contributed by atoms with E-state index in [4.69, 9.17) is 5.11 Å². The van der Waals surface area contributed by atoms with Gasteiger partial charge in [-0.1, -0.05) is 0 Å². The molecule has 0 aromatic carbocycles. The first-order valence-electron chi connectivity index (χ1n) is 5.69. The van der Waals surface area contributed by atoms with E-state index in [2.05, 4.69) is 0 Å². The highest BCUT2D eigenvalue weighted by molar-refractivity contribution is 7.95. The fourth-order valence-electron chi connectivity index (χ4n) is 2.17. The van der Waals surface area contributed by atoms with E-state index >= 15 is 0 Å². The van der Waals surface area contributed by atoms with Gasteiger partial charge in [0.2, 0.25) is 10.0 Å². The third kappa shape index (κ3) is 2.81. The Morgan fingerprint density at radius 1 is 1.24 bits per heavy atom. The van der Waals surface area contributed by atoms with Crippen LogP contribution in [0.5, 0.6) is 0 Å². The lowest BCUT2D eigenvalue weighted by Gasteiger charge is -2.24. The molecule has 8 heteroatoms. The van der Waals surface area contributed by atoms with Crippen LogP contribution in [0.3, 0.4) is 0 Å². The van der Waals surface area contributed by atoms with Gasteiger partial charge in [-0.25, -0.2) is 16.8 Å². The van der Waals surface area contributed by atoms with Crippen molar-refractivity contribution in [1.29, 1.82) is 0 Å². The predicted octanol–water partition coefficient (Wildman–Crippen LogP) is -1.04. The first kappa shape index (κ1) is 13.3. The minimum absolute atomic E-state index is 0.0320. The van der Waals surface area contributed by atoms with Gasteiger partial charge in [-0.2, -0.15) is 4.31 Å². The number of hydrogen-bond acceptors (Lipinski definition) is 5. The Morgan fingerprint density at radius 3 is 2.29 bits per heavy atom. The van der Waals surface area contributed by atoms with Crippen molar-refractivity contribution in [3.8, 4) is 0 Å². The Bertz CT molecular complexity index is 480. The number of hydrogen-bond donors (Lipinski definition) is 1. The lowest BCUT2D eigenvalue weighted by atomic mass is 10.4. The summed E-state index contributed by atoms with van der Waals surface area (Å²) in [6.45, 7) is -0.154. The third-order valence-electron chi connectivity index (χ3n) is 3.21. The average Bonchev–Trinajstić information content (AvgIpc) is 2.98. The van der Waals surface area contributed by atoms with Gasteiger partial charge in [0.1, 0.15) is 0 Å². The van der Waals surface area contributed by atoms with Gasteiger partial charge >= 0.3 is 0 Å². The second-order valence-corrected chi connectivity index (χ2v) is 9.03. The number of sulfonamides is 1. The molecular weight excluding hydrogens is 266 g/mol.